The van der Waals surface area contributed by atoms with Crippen molar-refractivity contribution in [1.29, 1.82) is 0 Å². The van der Waals surface area contributed by atoms with Gasteiger partial charge in [0.15, 0.2) is 0 Å². The molecule has 0 bridgehead atoms. The van der Waals surface area contributed by atoms with E-state index in [9.17, 15) is 9.90 Å². The Kier molecular flexibility index (Phi) is 7.76. The quantitative estimate of drug-likeness (QED) is 0.488. The van der Waals surface area contributed by atoms with E-state index in [1.165, 1.54) is 44.9 Å². The first kappa shape index (κ1) is 18.5. The summed E-state index contributed by atoms with van der Waals surface area (Å²) in [5, 5.41) is 9.66. The Bertz CT molecular complexity index is 297. The summed E-state index contributed by atoms with van der Waals surface area (Å²) in [5.74, 6) is -0.541. The summed E-state index contributed by atoms with van der Waals surface area (Å²) in [6, 6.07) is 0. The van der Waals surface area contributed by atoms with E-state index in [4.69, 9.17) is 0 Å². The Hall–Kier alpha value is -0.530. The zero-order valence-electron chi connectivity index (χ0n) is 14.5. The van der Waals surface area contributed by atoms with Crippen LogP contribution in [0, 0.1) is 10.8 Å². The van der Waals surface area contributed by atoms with E-state index in [1.54, 1.807) is 0 Å². The molecule has 1 fully saturated rings. The Morgan fingerprint density at radius 3 is 1.81 bits per heavy atom. The number of hydrogen-bond donors (Lipinski definition) is 1. The largest absolute Gasteiger partial charge is 0.481 e. The topological polar surface area (TPSA) is 37.3 Å². The van der Waals surface area contributed by atoms with Gasteiger partial charge in [-0.15, -0.1) is 0 Å². The zero-order valence-corrected chi connectivity index (χ0v) is 14.5. The van der Waals surface area contributed by atoms with Gasteiger partial charge in [0.1, 0.15) is 0 Å². The van der Waals surface area contributed by atoms with Crippen LogP contribution in [0.25, 0.3) is 0 Å². The zero-order chi connectivity index (χ0) is 15.8. The van der Waals surface area contributed by atoms with E-state index in [1.807, 2.05) is 0 Å². The molecule has 2 heteroatoms. The number of carbonyl (C=O) groups is 1. The second kappa shape index (κ2) is 8.80. The molecular weight excluding hydrogens is 260 g/mol. The van der Waals surface area contributed by atoms with Crippen molar-refractivity contribution in [2.75, 3.05) is 0 Å². The van der Waals surface area contributed by atoms with Crippen molar-refractivity contribution in [3.8, 4) is 0 Å². The fourth-order valence-electron chi connectivity index (χ4n) is 3.57. The third-order valence-corrected chi connectivity index (χ3v) is 5.52. The molecule has 0 atom stereocenters. The molecule has 1 aliphatic carbocycles. The summed E-state index contributed by atoms with van der Waals surface area (Å²) in [5.41, 5.74) is -0.0596. The van der Waals surface area contributed by atoms with Crippen LogP contribution in [0.5, 0.6) is 0 Å². The Labute approximate surface area is 131 Å². The van der Waals surface area contributed by atoms with Crippen LogP contribution in [0.2, 0.25) is 0 Å². The molecule has 0 aromatic rings. The van der Waals surface area contributed by atoms with E-state index >= 15 is 0 Å². The molecule has 0 aromatic heterocycles. The van der Waals surface area contributed by atoms with Crippen LogP contribution in [0.3, 0.4) is 0 Å². The SMILES string of the molecule is CCCCCCCCCCC1(C(=O)O)CCC(C)(C)CC1. The Balaban J connectivity index is 2.22. The van der Waals surface area contributed by atoms with E-state index in [-0.39, 0.29) is 0 Å². The maximum Gasteiger partial charge on any atom is 0.309 e. The van der Waals surface area contributed by atoms with Gasteiger partial charge < -0.3 is 5.11 Å². The molecule has 0 unspecified atom stereocenters. The first-order valence-corrected chi connectivity index (χ1v) is 9.15. The standard InChI is InChI=1S/C19H36O2/c1-4-5-6-7-8-9-10-11-12-19(17(20)21)15-13-18(2,3)14-16-19/h4-16H2,1-3H3,(H,20,21). The van der Waals surface area contributed by atoms with E-state index in [2.05, 4.69) is 20.8 Å². The molecular formula is C19H36O2. The molecule has 2 nitrogen and oxygen atoms in total. The van der Waals surface area contributed by atoms with E-state index in [0.29, 0.717) is 5.41 Å². The second-order valence-electron chi connectivity index (χ2n) is 7.97. The van der Waals surface area contributed by atoms with Crippen molar-refractivity contribution in [2.24, 2.45) is 10.8 Å². The molecule has 0 amide bonds. The predicted octanol–water partition coefficient (Wildman–Crippen LogP) is 6.19. The van der Waals surface area contributed by atoms with Crippen LogP contribution in [-0.2, 0) is 4.79 Å². The molecule has 1 aliphatic rings. The van der Waals surface area contributed by atoms with Gasteiger partial charge in [-0.3, -0.25) is 4.79 Å². The van der Waals surface area contributed by atoms with Gasteiger partial charge in [-0.05, 0) is 37.5 Å². The van der Waals surface area contributed by atoms with Crippen LogP contribution in [-0.4, -0.2) is 11.1 Å². The smallest absolute Gasteiger partial charge is 0.309 e. The molecule has 1 saturated carbocycles. The van der Waals surface area contributed by atoms with E-state index < -0.39 is 11.4 Å². The minimum absolute atomic E-state index is 0.345. The maximum atomic E-state index is 11.7. The molecule has 0 heterocycles. The van der Waals surface area contributed by atoms with Gasteiger partial charge in [0, 0.05) is 0 Å². The summed E-state index contributed by atoms with van der Waals surface area (Å²) in [4.78, 5) is 11.7. The number of unbranched alkanes of at least 4 members (excludes halogenated alkanes) is 7. The molecule has 21 heavy (non-hydrogen) atoms. The van der Waals surface area contributed by atoms with Crippen LogP contribution < -0.4 is 0 Å². The van der Waals surface area contributed by atoms with Crippen LogP contribution in [0.4, 0.5) is 0 Å². The summed E-state index contributed by atoms with van der Waals surface area (Å²) in [6.07, 6.45) is 15.1. The van der Waals surface area contributed by atoms with Crippen LogP contribution >= 0.6 is 0 Å². The highest BCUT2D eigenvalue weighted by Gasteiger charge is 2.43. The number of rotatable bonds is 10. The van der Waals surface area contributed by atoms with Crippen molar-refractivity contribution in [1.82, 2.24) is 0 Å². The van der Waals surface area contributed by atoms with Gasteiger partial charge in [0.25, 0.3) is 0 Å². The summed E-state index contributed by atoms with van der Waals surface area (Å²) < 4.78 is 0. The molecule has 0 aromatic carbocycles. The maximum absolute atomic E-state index is 11.7. The first-order chi connectivity index (χ1) is 9.92. The first-order valence-electron chi connectivity index (χ1n) is 9.15. The van der Waals surface area contributed by atoms with Gasteiger partial charge in [0.05, 0.1) is 5.41 Å². The molecule has 1 N–H and O–H groups in total. The lowest BCUT2D eigenvalue weighted by Gasteiger charge is -2.41. The minimum atomic E-state index is -0.541. The average Bonchev–Trinajstić information content (AvgIpc) is 2.43. The highest BCUT2D eigenvalue weighted by molar-refractivity contribution is 5.74. The second-order valence-corrected chi connectivity index (χ2v) is 7.97. The predicted molar refractivity (Wildman–Crippen MR) is 89.5 cm³/mol. The molecule has 0 saturated heterocycles. The average molecular weight is 296 g/mol. The summed E-state index contributed by atoms with van der Waals surface area (Å²) in [6.45, 7) is 6.79. The summed E-state index contributed by atoms with van der Waals surface area (Å²) in [7, 11) is 0. The monoisotopic (exact) mass is 296 g/mol. The van der Waals surface area contributed by atoms with Gasteiger partial charge in [-0.2, -0.15) is 0 Å². The van der Waals surface area contributed by atoms with Gasteiger partial charge in [0.2, 0.25) is 0 Å². The Morgan fingerprint density at radius 2 is 1.33 bits per heavy atom. The number of carboxylic acids is 1. The van der Waals surface area contributed by atoms with Crippen molar-refractivity contribution in [3.05, 3.63) is 0 Å². The number of aliphatic carboxylic acids is 1. The molecule has 0 aliphatic heterocycles. The molecule has 1 rings (SSSR count). The van der Waals surface area contributed by atoms with Crippen molar-refractivity contribution in [3.63, 3.8) is 0 Å². The van der Waals surface area contributed by atoms with Crippen molar-refractivity contribution in [2.45, 2.75) is 104 Å². The minimum Gasteiger partial charge on any atom is -0.481 e. The Morgan fingerprint density at radius 1 is 0.857 bits per heavy atom. The summed E-state index contributed by atoms with van der Waals surface area (Å²) >= 11 is 0. The normalized spacial score (nSPS) is 20.3. The van der Waals surface area contributed by atoms with Crippen LogP contribution in [0.15, 0.2) is 0 Å². The van der Waals surface area contributed by atoms with Crippen molar-refractivity contribution < 1.29 is 9.90 Å². The molecule has 0 radical (unpaired) electrons. The molecule has 124 valence electrons. The highest BCUT2D eigenvalue weighted by Crippen LogP contribution is 2.47. The molecule has 0 spiro atoms. The van der Waals surface area contributed by atoms with Gasteiger partial charge in [-0.1, -0.05) is 72.1 Å². The fraction of sp³-hybridized carbons (Fsp3) is 0.947. The van der Waals surface area contributed by atoms with E-state index in [0.717, 1.165) is 38.5 Å². The van der Waals surface area contributed by atoms with Gasteiger partial charge >= 0.3 is 5.97 Å². The third kappa shape index (κ3) is 6.40. The number of carboxylic acid groups (broad SMARTS) is 1. The fourth-order valence-corrected chi connectivity index (χ4v) is 3.57. The lowest BCUT2D eigenvalue weighted by Crippen LogP contribution is -2.37. The number of hydrogen-bond acceptors (Lipinski definition) is 1. The van der Waals surface area contributed by atoms with Crippen LogP contribution in [0.1, 0.15) is 104 Å². The van der Waals surface area contributed by atoms with Gasteiger partial charge in [-0.25, -0.2) is 0 Å². The third-order valence-electron chi connectivity index (χ3n) is 5.52. The highest BCUT2D eigenvalue weighted by atomic mass is 16.4. The lowest BCUT2D eigenvalue weighted by atomic mass is 9.63. The lowest BCUT2D eigenvalue weighted by molar-refractivity contribution is -0.153. The van der Waals surface area contributed by atoms with Crippen molar-refractivity contribution >= 4 is 5.97 Å².